The van der Waals surface area contributed by atoms with E-state index < -0.39 is 0 Å². The van der Waals surface area contributed by atoms with E-state index >= 15 is 0 Å². The number of nitrogens with one attached hydrogen (secondary N) is 1. The van der Waals surface area contributed by atoms with Gasteiger partial charge in [0.2, 0.25) is 5.91 Å². The second-order valence-corrected chi connectivity index (χ2v) is 5.77. The Morgan fingerprint density at radius 3 is 2.61 bits per heavy atom. The van der Waals surface area contributed by atoms with Crippen molar-refractivity contribution in [2.45, 2.75) is 40.2 Å². The lowest BCUT2D eigenvalue weighted by Gasteiger charge is -2.11. The summed E-state index contributed by atoms with van der Waals surface area (Å²) in [4.78, 5) is 12.2. The number of benzene rings is 2. The van der Waals surface area contributed by atoms with Crippen LogP contribution in [0.1, 0.15) is 35.6 Å². The lowest BCUT2D eigenvalue weighted by molar-refractivity contribution is -0.116. The van der Waals surface area contributed by atoms with Gasteiger partial charge in [0.15, 0.2) is 0 Å². The number of para-hydroxylation sites is 1. The first-order valence-corrected chi connectivity index (χ1v) is 8.11. The van der Waals surface area contributed by atoms with E-state index in [1.165, 1.54) is 16.7 Å². The maximum Gasteiger partial charge on any atom is 0.224 e. The fraction of sp³-hybridized carbons (Fsp3) is 0.350. The van der Waals surface area contributed by atoms with Gasteiger partial charge >= 0.3 is 0 Å². The van der Waals surface area contributed by atoms with Gasteiger partial charge in [0, 0.05) is 24.3 Å². The molecule has 0 fully saturated rings. The molecular formula is C20H25NO2. The van der Waals surface area contributed by atoms with Gasteiger partial charge in [-0.2, -0.15) is 0 Å². The van der Waals surface area contributed by atoms with Gasteiger partial charge in [0.05, 0.1) is 6.61 Å². The maximum atomic E-state index is 12.2. The molecule has 0 atom stereocenters. The van der Waals surface area contributed by atoms with Gasteiger partial charge in [0.25, 0.3) is 0 Å². The fourth-order valence-corrected chi connectivity index (χ4v) is 2.57. The molecule has 2 aromatic carbocycles. The number of carbonyl (C=O) groups is 1. The Hall–Kier alpha value is -2.13. The SMILES string of the molecule is CCOCc1ccccc1NC(=O)CCc1ccc(C)cc1C. The molecule has 0 aliphatic rings. The number of amides is 1. The molecule has 0 aromatic heterocycles. The van der Waals surface area contributed by atoms with E-state index in [1.807, 2.05) is 31.2 Å². The van der Waals surface area contributed by atoms with Gasteiger partial charge in [-0.25, -0.2) is 0 Å². The molecule has 0 aliphatic carbocycles. The van der Waals surface area contributed by atoms with Crippen molar-refractivity contribution in [2.24, 2.45) is 0 Å². The largest absolute Gasteiger partial charge is 0.377 e. The number of hydrogen-bond acceptors (Lipinski definition) is 2. The predicted octanol–water partition coefficient (Wildman–Crippen LogP) is 4.41. The highest BCUT2D eigenvalue weighted by Gasteiger charge is 2.08. The van der Waals surface area contributed by atoms with Crippen molar-refractivity contribution in [3.63, 3.8) is 0 Å². The first-order chi connectivity index (χ1) is 11.1. The summed E-state index contributed by atoms with van der Waals surface area (Å²) in [7, 11) is 0. The monoisotopic (exact) mass is 311 g/mol. The van der Waals surface area contributed by atoms with Gasteiger partial charge in [-0.1, -0.05) is 42.0 Å². The molecule has 2 aromatic rings. The van der Waals surface area contributed by atoms with Gasteiger partial charge in [-0.05, 0) is 44.4 Å². The van der Waals surface area contributed by atoms with E-state index in [9.17, 15) is 4.79 Å². The van der Waals surface area contributed by atoms with Crippen molar-refractivity contribution in [2.75, 3.05) is 11.9 Å². The molecule has 0 saturated heterocycles. The molecule has 0 heterocycles. The molecule has 3 nitrogen and oxygen atoms in total. The Bertz CT molecular complexity index is 664. The van der Waals surface area contributed by atoms with E-state index in [1.54, 1.807) is 0 Å². The summed E-state index contributed by atoms with van der Waals surface area (Å²) in [5.41, 5.74) is 5.57. The average Bonchev–Trinajstić information content (AvgIpc) is 2.53. The van der Waals surface area contributed by atoms with Crippen LogP contribution < -0.4 is 5.32 Å². The molecule has 0 bridgehead atoms. The first kappa shape index (κ1) is 17.2. The number of anilines is 1. The summed E-state index contributed by atoms with van der Waals surface area (Å²) >= 11 is 0. The number of ether oxygens (including phenoxy) is 1. The maximum absolute atomic E-state index is 12.2. The normalized spacial score (nSPS) is 10.6. The molecule has 122 valence electrons. The molecule has 0 unspecified atom stereocenters. The van der Waals surface area contributed by atoms with Crippen molar-refractivity contribution in [3.8, 4) is 0 Å². The Kier molecular flexibility index (Phi) is 6.36. The third-order valence-corrected chi connectivity index (χ3v) is 3.87. The molecule has 1 N–H and O–H groups in total. The molecule has 23 heavy (non-hydrogen) atoms. The van der Waals surface area contributed by atoms with Crippen molar-refractivity contribution < 1.29 is 9.53 Å². The molecule has 0 radical (unpaired) electrons. The molecule has 1 amide bonds. The molecule has 2 rings (SSSR count). The Labute approximate surface area is 138 Å². The topological polar surface area (TPSA) is 38.3 Å². The zero-order valence-corrected chi connectivity index (χ0v) is 14.2. The summed E-state index contributed by atoms with van der Waals surface area (Å²) in [6.45, 7) is 7.32. The van der Waals surface area contributed by atoms with Crippen LogP contribution in [0.3, 0.4) is 0 Å². The summed E-state index contributed by atoms with van der Waals surface area (Å²) in [6.07, 6.45) is 1.23. The third kappa shape index (κ3) is 5.22. The van der Waals surface area contributed by atoms with E-state index in [-0.39, 0.29) is 5.91 Å². The van der Waals surface area contributed by atoms with E-state index in [2.05, 4.69) is 37.4 Å². The van der Waals surface area contributed by atoms with Crippen LogP contribution >= 0.6 is 0 Å². The molecule has 3 heteroatoms. The average molecular weight is 311 g/mol. The Morgan fingerprint density at radius 1 is 1.09 bits per heavy atom. The minimum Gasteiger partial charge on any atom is -0.377 e. The van der Waals surface area contributed by atoms with Crippen molar-refractivity contribution in [1.82, 2.24) is 0 Å². The van der Waals surface area contributed by atoms with Crippen molar-refractivity contribution >= 4 is 11.6 Å². The van der Waals surface area contributed by atoms with Crippen LogP contribution in [0.4, 0.5) is 5.69 Å². The van der Waals surface area contributed by atoms with Crippen LogP contribution in [-0.2, 0) is 22.6 Å². The first-order valence-electron chi connectivity index (χ1n) is 8.11. The third-order valence-electron chi connectivity index (χ3n) is 3.87. The van der Waals surface area contributed by atoms with Gasteiger partial charge in [0.1, 0.15) is 0 Å². The highest BCUT2D eigenvalue weighted by molar-refractivity contribution is 5.91. The Morgan fingerprint density at radius 2 is 1.87 bits per heavy atom. The molecule has 0 aliphatic heterocycles. The van der Waals surface area contributed by atoms with Crippen molar-refractivity contribution in [1.29, 1.82) is 0 Å². The van der Waals surface area contributed by atoms with Crippen LogP contribution in [0, 0.1) is 13.8 Å². The number of aryl methyl sites for hydroxylation is 3. The summed E-state index contributed by atoms with van der Waals surface area (Å²) in [5.74, 6) is 0.0360. The van der Waals surface area contributed by atoms with Gasteiger partial charge in [-0.15, -0.1) is 0 Å². The number of hydrogen-bond donors (Lipinski definition) is 1. The minimum absolute atomic E-state index is 0.0360. The second-order valence-electron chi connectivity index (χ2n) is 5.77. The van der Waals surface area contributed by atoms with Crippen LogP contribution in [0.5, 0.6) is 0 Å². The molecule has 0 spiro atoms. The minimum atomic E-state index is 0.0360. The van der Waals surface area contributed by atoms with Crippen LogP contribution in [-0.4, -0.2) is 12.5 Å². The summed E-state index contributed by atoms with van der Waals surface area (Å²) in [5, 5.41) is 3.00. The highest BCUT2D eigenvalue weighted by atomic mass is 16.5. The quantitative estimate of drug-likeness (QED) is 0.822. The van der Waals surface area contributed by atoms with Gasteiger partial charge < -0.3 is 10.1 Å². The van der Waals surface area contributed by atoms with Crippen LogP contribution in [0.15, 0.2) is 42.5 Å². The number of carbonyl (C=O) groups excluding carboxylic acids is 1. The predicted molar refractivity (Wildman–Crippen MR) is 94.6 cm³/mol. The zero-order chi connectivity index (χ0) is 16.7. The lowest BCUT2D eigenvalue weighted by Crippen LogP contribution is -2.14. The van der Waals surface area contributed by atoms with Gasteiger partial charge in [-0.3, -0.25) is 4.79 Å². The second kappa shape index (κ2) is 8.49. The van der Waals surface area contributed by atoms with Crippen LogP contribution in [0.2, 0.25) is 0 Å². The molecular weight excluding hydrogens is 286 g/mol. The standard InChI is InChI=1S/C20H25NO2/c1-4-23-14-18-7-5-6-8-19(18)21-20(22)12-11-17-10-9-15(2)13-16(17)3/h5-10,13H,4,11-12,14H2,1-3H3,(H,21,22). The van der Waals surface area contributed by atoms with E-state index in [4.69, 9.17) is 4.74 Å². The van der Waals surface area contributed by atoms with Crippen molar-refractivity contribution in [3.05, 3.63) is 64.7 Å². The smallest absolute Gasteiger partial charge is 0.224 e. The lowest BCUT2D eigenvalue weighted by atomic mass is 10.0. The summed E-state index contributed by atoms with van der Waals surface area (Å²) in [6, 6.07) is 14.1. The van der Waals surface area contributed by atoms with Crippen LogP contribution in [0.25, 0.3) is 0 Å². The summed E-state index contributed by atoms with van der Waals surface area (Å²) < 4.78 is 5.45. The zero-order valence-electron chi connectivity index (χ0n) is 14.2. The number of rotatable bonds is 7. The molecule has 0 saturated carbocycles. The van der Waals surface area contributed by atoms with E-state index in [0.717, 1.165) is 17.7 Å². The van der Waals surface area contributed by atoms with E-state index in [0.29, 0.717) is 19.6 Å². The Balaban J connectivity index is 1.94. The fourth-order valence-electron chi connectivity index (χ4n) is 2.57. The highest BCUT2D eigenvalue weighted by Crippen LogP contribution is 2.17.